The lowest BCUT2D eigenvalue weighted by atomic mass is 10.2. The van der Waals surface area contributed by atoms with Gasteiger partial charge in [0.25, 0.3) is 5.91 Å². The Hall–Kier alpha value is -3.02. The molecule has 0 saturated carbocycles. The van der Waals surface area contributed by atoms with Crippen LogP contribution in [0.5, 0.6) is 5.75 Å². The number of piperazine rings is 1. The van der Waals surface area contributed by atoms with Gasteiger partial charge in [0.15, 0.2) is 0 Å². The highest BCUT2D eigenvalue weighted by Crippen LogP contribution is 2.29. The lowest BCUT2D eigenvalue weighted by Crippen LogP contribution is -2.49. The normalized spacial score (nSPS) is 14.7. The van der Waals surface area contributed by atoms with Gasteiger partial charge in [-0.15, -0.1) is 0 Å². The smallest absolute Gasteiger partial charge is 0.274 e. The molecule has 0 atom stereocenters. The molecule has 6 nitrogen and oxygen atoms in total. The van der Waals surface area contributed by atoms with E-state index in [-0.39, 0.29) is 5.91 Å². The van der Waals surface area contributed by atoms with Gasteiger partial charge in [-0.25, -0.2) is 4.98 Å². The van der Waals surface area contributed by atoms with Gasteiger partial charge in [0, 0.05) is 38.6 Å². The lowest BCUT2D eigenvalue weighted by Gasteiger charge is -2.36. The van der Waals surface area contributed by atoms with Crippen LogP contribution < -0.4 is 9.64 Å². The van der Waals surface area contributed by atoms with Crippen LogP contribution in [-0.4, -0.2) is 53.0 Å². The Morgan fingerprint density at radius 2 is 1.85 bits per heavy atom. The van der Waals surface area contributed by atoms with E-state index in [1.165, 1.54) is 0 Å². The molecule has 1 aromatic carbocycles. The van der Waals surface area contributed by atoms with Crippen molar-refractivity contribution >= 4 is 17.2 Å². The Bertz CT molecular complexity index is 880. The molecule has 26 heavy (non-hydrogen) atoms. The molecule has 0 unspecified atom stereocenters. The van der Waals surface area contributed by atoms with E-state index in [1.807, 2.05) is 58.8 Å². The van der Waals surface area contributed by atoms with Gasteiger partial charge < -0.3 is 18.9 Å². The first-order valence-corrected chi connectivity index (χ1v) is 8.96. The van der Waals surface area contributed by atoms with Gasteiger partial charge in [-0.1, -0.05) is 18.2 Å². The molecule has 1 aliphatic rings. The van der Waals surface area contributed by atoms with Gasteiger partial charge in [-0.2, -0.15) is 0 Å². The van der Waals surface area contributed by atoms with Crippen molar-refractivity contribution in [2.45, 2.75) is 6.92 Å². The van der Waals surface area contributed by atoms with Crippen LogP contribution in [0.1, 0.15) is 17.4 Å². The maximum Gasteiger partial charge on any atom is 0.274 e. The molecule has 2 aromatic heterocycles. The fourth-order valence-corrected chi connectivity index (χ4v) is 3.35. The third-order valence-corrected chi connectivity index (χ3v) is 4.66. The monoisotopic (exact) mass is 350 g/mol. The summed E-state index contributed by atoms with van der Waals surface area (Å²) in [4.78, 5) is 21.4. The van der Waals surface area contributed by atoms with Crippen molar-refractivity contribution in [1.82, 2.24) is 14.3 Å². The van der Waals surface area contributed by atoms with Crippen LogP contribution in [-0.2, 0) is 0 Å². The second-order valence-corrected chi connectivity index (χ2v) is 6.27. The summed E-state index contributed by atoms with van der Waals surface area (Å²) in [6.45, 7) is 5.54. The van der Waals surface area contributed by atoms with Crippen molar-refractivity contribution < 1.29 is 9.53 Å². The number of nitrogens with zero attached hydrogens (tertiary/aromatic N) is 4. The van der Waals surface area contributed by atoms with Crippen molar-refractivity contribution in [2.24, 2.45) is 0 Å². The highest BCUT2D eigenvalue weighted by Gasteiger charge is 2.25. The first-order valence-electron chi connectivity index (χ1n) is 8.96. The molecule has 1 amide bonds. The van der Waals surface area contributed by atoms with Gasteiger partial charge in [0.1, 0.15) is 17.1 Å². The zero-order valence-corrected chi connectivity index (χ0v) is 14.8. The number of ether oxygens (including phenoxy) is 1. The van der Waals surface area contributed by atoms with Crippen LogP contribution in [0.15, 0.2) is 54.9 Å². The number of pyridine rings is 1. The van der Waals surface area contributed by atoms with E-state index in [2.05, 4.69) is 16.0 Å². The number of rotatable bonds is 4. The summed E-state index contributed by atoms with van der Waals surface area (Å²) in [7, 11) is 0. The average molecular weight is 350 g/mol. The number of hydrogen-bond donors (Lipinski definition) is 0. The SMILES string of the molecule is CCOc1ccccc1N1CCN(C(=O)c2cn3ccccc3n2)CC1. The average Bonchev–Trinajstić information content (AvgIpc) is 3.12. The van der Waals surface area contributed by atoms with E-state index in [4.69, 9.17) is 4.74 Å². The lowest BCUT2D eigenvalue weighted by molar-refractivity contribution is 0.0741. The predicted molar refractivity (Wildman–Crippen MR) is 101 cm³/mol. The summed E-state index contributed by atoms with van der Waals surface area (Å²) in [5.74, 6) is 0.890. The number of carbonyl (C=O) groups excluding carboxylic acids is 1. The van der Waals surface area contributed by atoms with Crippen molar-refractivity contribution in [3.8, 4) is 5.75 Å². The fraction of sp³-hybridized carbons (Fsp3) is 0.300. The van der Waals surface area contributed by atoms with Gasteiger partial charge in [-0.3, -0.25) is 4.79 Å². The summed E-state index contributed by atoms with van der Waals surface area (Å²) in [5, 5.41) is 0. The molecule has 0 radical (unpaired) electrons. The molecule has 3 heterocycles. The molecule has 0 spiro atoms. The molecular formula is C20H22N4O2. The highest BCUT2D eigenvalue weighted by atomic mass is 16.5. The number of benzene rings is 1. The Balaban J connectivity index is 1.45. The Kier molecular flexibility index (Phi) is 4.48. The Labute approximate surface area is 152 Å². The summed E-state index contributed by atoms with van der Waals surface area (Å²) in [5.41, 5.74) is 2.38. The molecular weight excluding hydrogens is 328 g/mol. The third-order valence-electron chi connectivity index (χ3n) is 4.66. The number of carbonyl (C=O) groups is 1. The summed E-state index contributed by atoms with van der Waals surface area (Å²) >= 11 is 0. The number of amides is 1. The molecule has 0 aliphatic carbocycles. The van der Waals surface area contributed by atoms with Crippen molar-refractivity contribution in [3.05, 3.63) is 60.6 Å². The molecule has 0 N–H and O–H groups in total. The van der Waals surface area contributed by atoms with Crippen LogP contribution in [0.25, 0.3) is 5.65 Å². The summed E-state index contributed by atoms with van der Waals surface area (Å²) in [6.07, 6.45) is 3.70. The minimum absolute atomic E-state index is 0.00792. The zero-order valence-electron chi connectivity index (χ0n) is 14.8. The third kappa shape index (κ3) is 3.10. The number of para-hydroxylation sites is 2. The van der Waals surface area contributed by atoms with Crippen molar-refractivity contribution in [1.29, 1.82) is 0 Å². The van der Waals surface area contributed by atoms with Gasteiger partial charge in [0.2, 0.25) is 0 Å². The molecule has 134 valence electrons. The van der Waals surface area contributed by atoms with Crippen LogP contribution in [0.4, 0.5) is 5.69 Å². The molecule has 1 aliphatic heterocycles. The van der Waals surface area contributed by atoms with E-state index >= 15 is 0 Å². The number of hydrogen-bond acceptors (Lipinski definition) is 4. The maximum absolute atomic E-state index is 12.8. The van der Waals surface area contributed by atoms with E-state index in [9.17, 15) is 4.79 Å². The van der Waals surface area contributed by atoms with E-state index in [1.54, 1.807) is 6.20 Å². The minimum Gasteiger partial charge on any atom is -0.492 e. The summed E-state index contributed by atoms with van der Waals surface area (Å²) in [6, 6.07) is 13.8. The van der Waals surface area contributed by atoms with Crippen molar-refractivity contribution in [3.63, 3.8) is 0 Å². The minimum atomic E-state index is -0.00792. The fourth-order valence-electron chi connectivity index (χ4n) is 3.35. The zero-order chi connectivity index (χ0) is 17.9. The van der Waals surface area contributed by atoms with E-state index in [0.29, 0.717) is 25.4 Å². The molecule has 4 rings (SSSR count). The standard InChI is InChI=1S/C20H22N4O2/c1-2-26-18-8-4-3-7-17(18)22-11-13-23(14-12-22)20(25)16-15-24-10-6-5-9-19(24)21-16/h3-10,15H,2,11-14H2,1H3. The number of anilines is 1. The van der Waals surface area contributed by atoms with Crippen LogP contribution in [0.3, 0.4) is 0 Å². The van der Waals surface area contributed by atoms with Crippen LogP contribution in [0, 0.1) is 0 Å². The quantitative estimate of drug-likeness (QED) is 0.726. The maximum atomic E-state index is 12.8. The van der Waals surface area contributed by atoms with E-state index < -0.39 is 0 Å². The van der Waals surface area contributed by atoms with Crippen LogP contribution in [0.2, 0.25) is 0 Å². The number of aromatic nitrogens is 2. The van der Waals surface area contributed by atoms with E-state index in [0.717, 1.165) is 30.2 Å². The second kappa shape index (κ2) is 7.07. The van der Waals surface area contributed by atoms with Gasteiger partial charge >= 0.3 is 0 Å². The number of fused-ring (bicyclic) bond motifs is 1. The largest absolute Gasteiger partial charge is 0.492 e. The molecule has 3 aromatic rings. The molecule has 1 fully saturated rings. The molecule has 0 bridgehead atoms. The van der Waals surface area contributed by atoms with Crippen LogP contribution >= 0.6 is 0 Å². The first kappa shape index (κ1) is 16.4. The molecule has 6 heteroatoms. The van der Waals surface area contributed by atoms with Gasteiger partial charge in [-0.05, 0) is 31.2 Å². The Morgan fingerprint density at radius 3 is 2.62 bits per heavy atom. The van der Waals surface area contributed by atoms with Crippen molar-refractivity contribution in [2.75, 3.05) is 37.7 Å². The first-order chi connectivity index (χ1) is 12.8. The highest BCUT2D eigenvalue weighted by molar-refractivity contribution is 5.93. The Morgan fingerprint density at radius 1 is 1.08 bits per heavy atom. The summed E-state index contributed by atoms with van der Waals surface area (Å²) < 4.78 is 7.61. The topological polar surface area (TPSA) is 50.1 Å². The van der Waals surface area contributed by atoms with Gasteiger partial charge in [0.05, 0.1) is 12.3 Å². The second-order valence-electron chi connectivity index (χ2n) is 6.27. The predicted octanol–water partition coefficient (Wildman–Crippen LogP) is 2.70. The molecule has 1 saturated heterocycles. The number of imidazole rings is 1.